The zero-order valence-electron chi connectivity index (χ0n) is 17.8. The summed E-state index contributed by atoms with van der Waals surface area (Å²) < 4.78 is 3.57. The van der Waals surface area contributed by atoms with E-state index in [9.17, 15) is 4.79 Å². The Morgan fingerprint density at radius 2 is 1.82 bits per heavy atom. The summed E-state index contributed by atoms with van der Waals surface area (Å²) in [6.45, 7) is 0. The normalized spacial score (nSPS) is 17.1. The highest BCUT2D eigenvalue weighted by Gasteiger charge is 2.33. The first-order chi connectivity index (χ1) is 16.5. The second-order valence-corrected chi connectivity index (χ2v) is 11.3. The average Bonchev–Trinajstić information content (AvgIpc) is 3.14. The van der Waals surface area contributed by atoms with E-state index in [0.717, 1.165) is 44.4 Å². The topological polar surface area (TPSA) is 34.4 Å². The Morgan fingerprint density at radius 3 is 2.65 bits per heavy atom. The zero-order valence-corrected chi connectivity index (χ0v) is 22.3. The molecule has 0 amide bonds. The molecule has 1 aromatic heterocycles. The van der Waals surface area contributed by atoms with Crippen molar-refractivity contribution in [3.05, 3.63) is 128 Å². The molecule has 4 aromatic rings. The van der Waals surface area contributed by atoms with Crippen LogP contribution in [-0.2, 0) is 6.42 Å². The van der Waals surface area contributed by atoms with Crippen LogP contribution in [0.4, 0.5) is 0 Å². The van der Waals surface area contributed by atoms with E-state index in [4.69, 9.17) is 28.2 Å². The van der Waals surface area contributed by atoms with Gasteiger partial charge in [-0.2, -0.15) is 0 Å². The minimum atomic E-state index is -0.318. The van der Waals surface area contributed by atoms with E-state index in [1.54, 1.807) is 6.07 Å². The smallest absolute Gasteiger partial charge is 0.271 e. The van der Waals surface area contributed by atoms with Crippen molar-refractivity contribution in [1.29, 1.82) is 0 Å². The average molecular weight is 615 g/mol. The number of benzene rings is 3. The fourth-order valence-electron chi connectivity index (χ4n) is 4.76. The van der Waals surface area contributed by atoms with Crippen molar-refractivity contribution in [2.45, 2.75) is 18.9 Å². The molecule has 0 N–H and O–H groups in total. The van der Waals surface area contributed by atoms with Crippen LogP contribution in [0.3, 0.4) is 0 Å². The lowest BCUT2D eigenvalue weighted by Gasteiger charge is -2.31. The summed E-state index contributed by atoms with van der Waals surface area (Å²) in [5.41, 5.74) is 6.33. The van der Waals surface area contributed by atoms with Gasteiger partial charge in [0.2, 0.25) is 0 Å². The molecule has 0 radical (unpaired) electrons. The molecule has 0 saturated heterocycles. The van der Waals surface area contributed by atoms with Gasteiger partial charge in [0.05, 0.1) is 16.3 Å². The molecule has 168 valence electrons. The number of rotatable bonds is 2. The van der Waals surface area contributed by atoms with E-state index >= 15 is 0 Å². The van der Waals surface area contributed by atoms with Gasteiger partial charge in [0, 0.05) is 19.2 Å². The standard InChI is InChI=1S/C27H17Cl2IN2OS/c28-17-10-12-19(21(29)14-17)25-20-11-9-15-5-1-3-7-18(15)24(20)31-27-32(25)26(33)23(34-27)13-16-6-2-4-8-22(16)30/h1-8,10,12-14,25H,9,11H2/b23-13+/t25-/m1/s1. The van der Waals surface area contributed by atoms with Gasteiger partial charge in [0.25, 0.3) is 5.56 Å². The first-order valence-electron chi connectivity index (χ1n) is 10.8. The second-order valence-electron chi connectivity index (χ2n) is 8.30. The molecule has 0 saturated carbocycles. The minimum absolute atomic E-state index is 0.0511. The maximum Gasteiger partial charge on any atom is 0.271 e. The van der Waals surface area contributed by atoms with Crippen LogP contribution in [0.2, 0.25) is 10.0 Å². The lowest BCUT2D eigenvalue weighted by molar-refractivity contribution is 0.585. The number of aromatic nitrogens is 1. The van der Waals surface area contributed by atoms with Crippen LogP contribution in [0.25, 0.3) is 11.8 Å². The molecule has 1 aliphatic carbocycles. The number of hydrogen-bond donors (Lipinski definition) is 0. The maximum absolute atomic E-state index is 13.8. The Bertz CT molecular complexity index is 1690. The van der Waals surface area contributed by atoms with E-state index in [1.807, 2.05) is 53.1 Å². The summed E-state index contributed by atoms with van der Waals surface area (Å²) >= 11 is 16.6. The van der Waals surface area contributed by atoms with Crippen LogP contribution < -0.4 is 14.9 Å². The lowest BCUT2D eigenvalue weighted by Crippen LogP contribution is -2.38. The second kappa shape index (κ2) is 8.79. The quantitative estimate of drug-likeness (QED) is 0.247. The van der Waals surface area contributed by atoms with Gasteiger partial charge >= 0.3 is 0 Å². The highest BCUT2D eigenvalue weighted by Crippen LogP contribution is 2.43. The van der Waals surface area contributed by atoms with Crippen molar-refractivity contribution in [3.8, 4) is 0 Å². The number of fused-ring (bicyclic) bond motifs is 3. The third-order valence-electron chi connectivity index (χ3n) is 6.32. The molecule has 34 heavy (non-hydrogen) atoms. The number of allylic oxidation sites excluding steroid dienone is 1. The van der Waals surface area contributed by atoms with Crippen LogP contribution in [0, 0.1) is 3.57 Å². The molecule has 7 heteroatoms. The molecular weight excluding hydrogens is 598 g/mol. The van der Waals surface area contributed by atoms with Gasteiger partial charge in [-0.05, 0) is 82.0 Å². The molecule has 0 bridgehead atoms. The Kier molecular flexibility index (Phi) is 5.76. The van der Waals surface area contributed by atoms with Gasteiger partial charge < -0.3 is 0 Å². The van der Waals surface area contributed by atoms with E-state index < -0.39 is 0 Å². The molecule has 3 aromatic carbocycles. The van der Waals surface area contributed by atoms with Crippen molar-refractivity contribution >= 4 is 68.9 Å². The summed E-state index contributed by atoms with van der Waals surface area (Å²) in [5, 5.41) is 1.13. The largest absolute Gasteiger partial charge is 0.272 e. The van der Waals surface area contributed by atoms with Gasteiger partial charge in [-0.3, -0.25) is 9.36 Å². The van der Waals surface area contributed by atoms with Crippen molar-refractivity contribution in [2.24, 2.45) is 4.99 Å². The van der Waals surface area contributed by atoms with Gasteiger partial charge in [-0.15, -0.1) is 0 Å². The van der Waals surface area contributed by atoms with Crippen molar-refractivity contribution in [2.75, 3.05) is 0 Å². The third-order valence-corrected chi connectivity index (χ3v) is 8.85. The number of halogens is 3. The number of aryl methyl sites for hydroxylation is 1. The predicted octanol–water partition coefficient (Wildman–Crippen LogP) is 6.23. The van der Waals surface area contributed by atoms with E-state index in [1.165, 1.54) is 16.9 Å². The van der Waals surface area contributed by atoms with E-state index in [0.29, 0.717) is 19.4 Å². The van der Waals surface area contributed by atoms with Crippen molar-refractivity contribution in [1.82, 2.24) is 4.57 Å². The number of hydrogen-bond acceptors (Lipinski definition) is 3. The van der Waals surface area contributed by atoms with Crippen LogP contribution >= 0.6 is 57.1 Å². The molecule has 2 heterocycles. The number of thiazole rings is 1. The summed E-state index contributed by atoms with van der Waals surface area (Å²) in [4.78, 5) is 19.5. The molecule has 0 fully saturated rings. The van der Waals surface area contributed by atoms with Gasteiger partial charge in [0.1, 0.15) is 0 Å². The van der Waals surface area contributed by atoms with Crippen LogP contribution in [0.15, 0.2) is 82.1 Å². The fourth-order valence-corrected chi connectivity index (χ4v) is 6.80. The third kappa shape index (κ3) is 3.70. The van der Waals surface area contributed by atoms with Crippen LogP contribution in [-0.4, -0.2) is 4.57 Å². The molecule has 1 aliphatic heterocycles. The van der Waals surface area contributed by atoms with Crippen LogP contribution in [0.1, 0.15) is 34.7 Å². The maximum atomic E-state index is 13.8. The van der Waals surface area contributed by atoms with Gasteiger partial charge in [-0.25, -0.2) is 4.99 Å². The first kappa shape index (κ1) is 22.3. The molecule has 0 spiro atoms. The van der Waals surface area contributed by atoms with Gasteiger partial charge in [-0.1, -0.05) is 83.1 Å². The summed E-state index contributed by atoms with van der Waals surface area (Å²) in [5.74, 6) is 0. The molecular formula is C27H17Cl2IN2OS. The van der Waals surface area contributed by atoms with Gasteiger partial charge in [0.15, 0.2) is 4.80 Å². The predicted molar refractivity (Wildman–Crippen MR) is 148 cm³/mol. The highest BCUT2D eigenvalue weighted by atomic mass is 127. The first-order valence-corrected chi connectivity index (χ1v) is 13.5. The zero-order chi connectivity index (χ0) is 23.4. The monoisotopic (exact) mass is 614 g/mol. The van der Waals surface area contributed by atoms with Crippen molar-refractivity contribution < 1.29 is 0 Å². The lowest BCUT2D eigenvalue weighted by atomic mass is 9.83. The summed E-state index contributed by atoms with van der Waals surface area (Å²) in [6, 6.07) is 21.6. The van der Waals surface area contributed by atoms with Crippen LogP contribution in [0.5, 0.6) is 0 Å². The Balaban J connectivity index is 1.66. The summed E-state index contributed by atoms with van der Waals surface area (Å²) in [6.07, 6.45) is 3.68. The summed E-state index contributed by atoms with van der Waals surface area (Å²) in [7, 11) is 0. The Hall–Kier alpha value is -2.19. The number of nitrogens with zero attached hydrogens (tertiary/aromatic N) is 2. The SMILES string of the molecule is O=c1/c(=C\c2ccccc2I)sc2n1[C@H](c1ccc(Cl)cc1Cl)C1=C(N=2)c2ccccc2CC1. The fraction of sp³-hybridized carbons (Fsp3) is 0.111. The molecule has 6 rings (SSSR count). The molecule has 2 aliphatic rings. The minimum Gasteiger partial charge on any atom is -0.272 e. The Labute approximate surface area is 223 Å². The van der Waals surface area contributed by atoms with Crippen molar-refractivity contribution in [3.63, 3.8) is 0 Å². The van der Waals surface area contributed by atoms with E-state index in [2.05, 4.69) is 40.8 Å². The molecule has 1 atom stereocenters. The highest BCUT2D eigenvalue weighted by molar-refractivity contribution is 14.1. The van der Waals surface area contributed by atoms with E-state index in [-0.39, 0.29) is 11.6 Å². The molecule has 0 unspecified atom stereocenters. The molecule has 3 nitrogen and oxygen atoms in total. The Morgan fingerprint density at radius 1 is 1.03 bits per heavy atom.